The van der Waals surface area contributed by atoms with Crippen molar-refractivity contribution in [2.45, 2.75) is 19.5 Å². The summed E-state index contributed by atoms with van der Waals surface area (Å²) in [5.41, 5.74) is 2.38. The molecule has 2 heterocycles. The van der Waals surface area contributed by atoms with Crippen molar-refractivity contribution in [3.05, 3.63) is 59.7 Å². The zero-order valence-corrected chi connectivity index (χ0v) is 14.7. The van der Waals surface area contributed by atoms with Crippen LogP contribution in [0.4, 0.5) is 0 Å². The van der Waals surface area contributed by atoms with Gasteiger partial charge < -0.3 is 14.5 Å². The summed E-state index contributed by atoms with van der Waals surface area (Å²) in [7, 11) is 1.72. The number of aromatic nitrogens is 2. The summed E-state index contributed by atoms with van der Waals surface area (Å²) < 4.78 is 11.2. The molecule has 0 bridgehead atoms. The number of fused-ring (bicyclic) bond motifs is 1. The van der Waals surface area contributed by atoms with E-state index in [1.807, 2.05) is 13.1 Å². The van der Waals surface area contributed by atoms with Crippen LogP contribution in [0.2, 0.25) is 0 Å². The van der Waals surface area contributed by atoms with Crippen LogP contribution < -0.4 is 4.74 Å². The van der Waals surface area contributed by atoms with Gasteiger partial charge >= 0.3 is 0 Å². The van der Waals surface area contributed by atoms with Crippen LogP contribution in [0.15, 0.2) is 42.6 Å². The van der Waals surface area contributed by atoms with Gasteiger partial charge in [-0.3, -0.25) is 4.90 Å². The Morgan fingerprint density at radius 1 is 1.24 bits per heavy atom. The topological polar surface area (TPSA) is 50.4 Å². The number of H-pyrrole nitrogens is 1. The fourth-order valence-electron chi connectivity index (χ4n) is 3.55. The normalized spacial score (nSPS) is 18.6. The van der Waals surface area contributed by atoms with E-state index in [0.29, 0.717) is 6.61 Å². The molecule has 0 unspecified atom stereocenters. The molecule has 1 aliphatic heterocycles. The van der Waals surface area contributed by atoms with Crippen molar-refractivity contribution < 1.29 is 9.47 Å². The minimum Gasteiger partial charge on any atom is -0.496 e. The Kier molecular flexibility index (Phi) is 4.42. The molecule has 2 aromatic carbocycles. The lowest BCUT2D eigenvalue weighted by Crippen LogP contribution is -2.39. The summed E-state index contributed by atoms with van der Waals surface area (Å²) in [5, 5.41) is 2.39. The smallest absolute Gasteiger partial charge is 0.126 e. The molecule has 1 aliphatic rings. The Hall–Kier alpha value is -2.37. The number of benzene rings is 2. The molecule has 0 amide bonds. The van der Waals surface area contributed by atoms with Crippen LogP contribution >= 0.6 is 0 Å². The summed E-state index contributed by atoms with van der Waals surface area (Å²) in [6.45, 7) is 5.20. The van der Waals surface area contributed by atoms with Gasteiger partial charge in [0, 0.05) is 30.4 Å². The summed E-state index contributed by atoms with van der Waals surface area (Å²) >= 11 is 0. The fourth-order valence-corrected chi connectivity index (χ4v) is 3.55. The average Bonchev–Trinajstić information content (AvgIpc) is 3.09. The predicted octanol–water partition coefficient (Wildman–Crippen LogP) is 3.45. The molecule has 0 spiro atoms. The van der Waals surface area contributed by atoms with Gasteiger partial charge in [0.2, 0.25) is 0 Å². The van der Waals surface area contributed by atoms with E-state index in [-0.39, 0.29) is 6.04 Å². The van der Waals surface area contributed by atoms with Crippen LogP contribution in [0.1, 0.15) is 23.1 Å². The van der Waals surface area contributed by atoms with Gasteiger partial charge in [-0.1, -0.05) is 30.3 Å². The fraction of sp³-hybridized carbons (Fsp3) is 0.350. The van der Waals surface area contributed by atoms with E-state index in [9.17, 15) is 0 Å². The summed E-state index contributed by atoms with van der Waals surface area (Å²) in [4.78, 5) is 10.3. The second kappa shape index (κ2) is 6.86. The number of aromatic amines is 1. The first kappa shape index (κ1) is 16.1. The van der Waals surface area contributed by atoms with Crippen molar-refractivity contribution in [2.24, 2.45) is 0 Å². The molecule has 0 radical (unpaired) electrons. The molecule has 1 fully saturated rings. The van der Waals surface area contributed by atoms with Crippen molar-refractivity contribution in [3.8, 4) is 5.75 Å². The molecule has 1 aromatic heterocycles. The van der Waals surface area contributed by atoms with Crippen LogP contribution in [0.5, 0.6) is 5.75 Å². The Morgan fingerprint density at radius 3 is 2.84 bits per heavy atom. The maximum atomic E-state index is 5.72. The van der Waals surface area contributed by atoms with E-state index < -0.39 is 0 Å². The maximum Gasteiger partial charge on any atom is 0.126 e. The van der Waals surface area contributed by atoms with E-state index in [2.05, 4.69) is 51.3 Å². The summed E-state index contributed by atoms with van der Waals surface area (Å²) in [6, 6.07) is 12.8. The monoisotopic (exact) mass is 337 g/mol. The zero-order valence-electron chi connectivity index (χ0n) is 14.7. The van der Waals surface area contributed by atoms with Crippen LogP contribution in [-0.4, -0.2) is 41.7 Å². The van der Waals surface area contributed by atoms with Crippen LogP contribution in [0.25, 0.3) is 10.8 Å². The highest BCUT2D eigenvalue weighted by molar-refractivity contribution is 5.91. The molecule has 5 heteroatoms. The molecule has 1 N–H and O–H groups in total. The van der Waals surface area contributed by atoms with E-state index in [0.717, 1.165) is 42.4 Å². The Morgan fingerprint density at radius 2 is 2.08 bits per heavy atom. The molecule has 3 aromatic rings. The van der Waals surface area contributed by atoms with Crippen LogP contribution in [-0.2, 0) is 11.3 Å². The van der Waals surface area contributed by atoms with Crippen molar-refractivity contribution >= 4 is 10.8 Å². The number of aryl methyl sites for hydroxylation is 1. The Balaban J connectivity index is 1.67. The number of ether oxygens (including phenoxy) is 2. The van der Waals surface area contributed by atoms with Gasteiger partial charge in [-0.2, -0.15) is 0 Å². The van der Waals surface area contributed by atoms with E-state index >= 15 is 0 Å². The highest BCUT2D eigenvalue weighted by Gasteiger charge is 2.27. The lowest BCUT2D eigenvalue weighted by Gasteiger charge is -2.34. The van der Waals surface area contributed by atoms with E-state index in [1.165, 1.54) is 10.9 Å². The number of imidazole rings is 1. The first-order valence-corrected chi connectivity index (χ1v) is 8.64. The Bertz CT molecular complexity index is 874. The first-order valence-electron chi connectivity index (χ1n) is 8.64. The number of rotatable bonds is 4. The third-order valence-electron chi connectivity index (χ3n) is 4.85. The highest BCUT2D eigenvalue weighted by atomic mass is 16.5. The quantitative estimate of drug-likeness (QED) is 0.792. The van der Waals surface area contributed by atoms with Gasteiger partial charge in [0.05, 0.1) is 26.4 Å². The molecule has 0 aliphatic carbocycles. The number of hydrogen-bond acceptors (Lipinski definition) is 4. The molecule has 1 atom stereocenters. The van der Waals surface area contributed by atoms with Gasteiger partial charge in [-0.05, 0) is 23.9 Å². The molecular weight excluding hydrogens is 314 g/mol. The molecular formula is C20H23N3O2. The first-order chi connectivity index (χ1) is 12.3. The van der Waals surface area contributed by atoms with Crippen LogP contribution in [0, 0.1) is 6.92 Å². The minimum absolute atomic E-state index is 0.156. The lowest BCUT2D eigenvalue weighted by atomic mass is 10.0. The predicted molar refractivity (Wildman–Crippen MR) is 97.8 cm³/mol. The minimum atomic E-state index is 0.156. The van der Waals surface area contributed by atoms with Crippen molar-refractivity contribution in [3.63, 3.8) is 0 Å². The zero-order chi connectivity index (χ0) is 17.2. The summed E-state index contributed by atoms with van der Waals surface area (Å²) in [6.07, 6.45) is 1.88. The van der Waals surface area contributed by atoms with E-state index in [4.69, 9.17) is 9.47 Å². The molecule has 130 valence electrons. The van der Waals surface area contributed by atoms with Crippen molar-refractivity contribution in [2.75, 3.05) is 26.9 Å². The number of morpholine rings is 1. The van der Waals surface area contributed by atoms with Crippen molar-refractivity contribution in [1.29, 1.82) is 0 Å². The average molecular weight is 337 g/mol. The number of nitrogens with zero attached hydrogens (tertiary/aromatic N) is 2. The molecule has 4 rings (SSSR count). The second-order valence-electron chi connectivity index (χ2n) is 6.49. The van der Waals surface area contributed by atoms with Gasteiger partial charge in [-0.25, -0.2) is 4.98 Å². The van der Waals surface area contributed by atoms with Gasteiger partial charge in [0.1, 0.15) is 11.6 Å². The van der Waals surface area contributed by atoms with E-state index in [1.54, 1.807) is 7.11 Å². The molecule has 0 saturated carbocycles. The van der Waals surface area contributed by atoms with Gasteiger partial charge in [0.15, 0.2) is 0 Å². The third-order valence-corrected chi connectivity index (χ3v) is 4.85. The SMILES string of the molecule is COc1ccc(CN2CCOC[C@@H]2c2ncc(C)[nH]2)c2ccccc12. The molecule has 25 heavy (non-hydrogen) atoms. The van der Waals surface area contributed by atoms with Crippen LogP contribution in [0.3, 0.4) is 0 Å². The van der Waals surface area contributed by atoms with Crippen molar-refractivity contribution in [1.82, 2.24) is 14.9 Å². The van der Waals surface area contributed by atoms with Gasteiger partial charge in [0.25, 0.3) is 0 Å². The highest BCUT2D eigenvalue weighted by Crippen LogP contribution is 2.31. The number of methoxy groups -OCH3 is 1. The number of nitrogens with one attached hydrogen (secondary N) is 1. The summed E-state index contributed by atoms with van der Waals surface area (Å²) in [5.74, 6) is 1.90. The molecule has 1 saturated heterocycles. The lowest BCUT2D eigenvalue weighted by molar-refractivity contribution is -0.0154. The Labute approximate surface area is 147 Å². The molecule has 5 nitrogen and oxygen atoms in total. The third kappa shape index (κ3) is 3.13. The second-order valence-corrected chi connectivity index (χ2v) is 6.49. The standard InChI is InChI=1S/C20H23N3O2/c1-14-11-21-20(22-14)18-13-25-10-9-23(18)12-15-7-8-19(24-2)17-6-4-3-5-16(15)17/h3-8,11,18H,9-10,12-13H2,1-2H3,(H,21,22)/t18-/m1/s1. The number of hydrogen-bond donors (Lipinski definition) is 1. The maximum absolute atomic E-state index is 5.72. The largest absolute Gasteiger partial charge is 0.496 e. The van der Waals surface area contributed by atoms with Gasteiger partial charge in [-0.15, -0.1) is 0 Å².